The van der Waals surface area contributed by atoms with Crippen LogP contribution in [0.2, 0.25) is 0 Å². The van der Waals surface area contributed by atoms with E-state index < -0.39 is 0 Å². The third-order valence-corrected chi connectivity index (χ3v) is 1.35. The Bertz CT molecular complexity index is 140. The van der Waals surface area contributed by atoms with Crippen molar-refractivity contribution in [1.29, 1.82) is 0 Å². The van der Waals surface area contributed by atoms with Crippen LogP contribution in [0.4, 0.5) is 0 Å². The zero-order valence-corrected chi connectivity index (χ0v) is 9.05. The fourth-order valence-corrected chi connectivity index (χ4v) is 0.495. The van der Waals surface area contributed by atoms with Crippen LogP contribution < -0.4 is 0 Å². The quantitative estimate of drug-likeness (QED) is 0.321. The summed E-state index contributed by atoms with van der Waals surface area (Å²) in [5.41, 5.74) is 0. The number of ether oxygens (including phenoxy) is 1. The second kappa shape index (κ2) is 4.20. The number of hydrogen-bond acceptors (Lipinski definition) is 3. The van der Waals surface area contributed by atoms with E-state index in [4.69, 9.17) is 0 Å². The van der Waals surface area contributed by atoms with Gasteiger partial charge in [-0.05, 0) is 0 Å². The van der Waals surface area contributed by atoms with Gasteiger partial charge in [0, 0.05) is 20.4 Å². The molecule has 0 spiro atoms. The van der Waals surface area contributed by atoms with Crippen LogP contribution >= 0.6 is 22.9 Å². The van der Waals surface area contributed by atoms with Crippen molar-refractivity contribution in [2.24, 2.45) is 5.10 Å². The van der Waals surface area contributed by atoms with Gasteiger partial charge in [-0.3, -0.25) is 4.79 Å². The van der Waals surface area contributed by atoms with Gasteiger partial charge in [0.25, 0.3) is 5.91 Å². The Hall–Kier alpha value is 0.332. The molecule has 1 heterocycles. The Morgan fingerprint density at radius 2 is 2.56 bits per heavy atom. The monoisotopic (exact) mass is 412 g/mol. The van der Waals surface area contributed by atoms with E-state index in [0.29, 0.717) is 0 Å². The standard InChI is InChI=1S/C3H2IN2O2.Re/c4-6-3(7)1-8-2-5-6;/h1H2;/q-1;. The molecule has 1 amide bonds. The molecule has 0 aromatic rings. The molecule has 51 valence electrons. The van der Waals surface area contributed by atoms with E-state index >= 15 is 0 Å². The maximum atomic E-state index is 10.5. The summed E-state index contributed by atoms with van der Waals surface area (Å²) in [4.78, 5) is 10.5. The van der Waals surface area contributed by atoms with Crippen molar-refractivity contribution in [2.45, 2.75) is 0 Å². The second-order valence-corrected chi connectivity index (χ2v) is 2.05. The summed E-state index contributed by atoms with van der Waals surface area (Å²) < 4.78 is 5.59. The number of halogens is 1. The first-order valence-electron chi connectivity index (χ1n) is 1.87. The van der Waals surface area contributed by atoms with Gasteiger partial charge in [-0.15, -0.1) is 0 Å². The predicted molar refractivity (Wildman–Crippen MR) is 34.3 cm³/mol. The van der Waals surface area contributed by atoms with E-state index in [1.54, 1.807) is 22.9 Å². The summed E-state index contributed by atoms with van der Waals surface area (Å²) in [5.74, 6) is -0.163. The van der Waals surface area contributed by atoms with Gasteiger partial charge in [-0.2, -0.15) is 6.40 Å². The molecule has 4 nitrogen and oxygen atoms in total. The number of hydrazone groups is 1. The molecule has 0 aromatic heterocycles. The molecule has 6 heteroatoms. The zero-order chi connectivity index (χ0) is 5.98. The van der Waals surface area contributed by atoms with Crippen molar-refractivity contribution in [1.82, 2.24) is 3.22 Å². The topological polar surface area (TPSA) is 41.9 Å². The Morgan fingerprint density at radius 3 is 2.89 bits per heavy atom. The van der Waals surface area contributed by atoms with Gasteiger partial charge in [0.1, 0.15) is 6.61 Å². The largest absolute Gasteiger partial charge is 0.666 e. The second-order valence-electron chi connectivity index (χ2n) is 1.13. The fourth-order valence-electron chi connectivity index (χ4n) is 0.268. The third kappa shape index (κ3) is 2.60. The molecule has 0 bridgehead atoms. The summed E-state index contributed by atoms with van der Waals surface area (Å²) in [6.07, 6.45) is 2.19. The molecule has 1 aliphatic rings. The van der Waals surface area contributed by atoms with Crippen LogP contribution in [0.15, 0.2) is 5.10 Å². The molecule has 0 saturated heterocycles. The molecule has 0 aromatic carbocycles. The molecule has 0 N–H and O–H groups in total. The van der Waals surface area contributed by atoms with Crippen LogP contribution in [0, 0.1) is 0 Å². The average Bonchev–Trinajstić information content (AvgIpc) is 1.77. The maximum Gasteiger partial charge on any atom is 0.283 e. The normalized spacial score (nSPS) is 16.6. The number of amides is 1. The SMILES string of the molecule is O=C1CO[C-]=NN1I.[Re]. The van der Waals surface area contributed by atoms with Gasteiger partial charge < -0.3 is 9.84 Å². The maximum absolute atomic E-state index is 10.5. The molecule has 0 unspecified atom stereocenters. The molecule has 1 aliphatic heterocycles. The fraction of sp³-hybridized carbons (Fsp3) is 0.333. The van der Waals surface area contributed by atoms with E-state index in [1.165, 1.54) is 0 Å². The summed E-state index contributed by atoms with van der Waals surface area (Å²) in [7, 11) is 0. The predicted octanol–water partition coefficient (Wildman–Crippen LogP) is 0.0130. The summed E-state index contributed by atoms with van der Waals surface area (Å²) in [6.45, 7) is 0.0481. The number of carbonyl (C=O) groups is 1. The molecule has 0 atom stereocenters. The summed E-state index contributed by atoms with van der Waals surface area (Å²) in [6, 6.07) is 0. The summed E-state index contributed by atoms with van der Waals surface area (Å²) >= 11 is 1.76. The van der Waals surface area contributed by atoms with Crippen molar-refractivity contribution >= 4 is 35.2 Å². The molecule has 0 saturated carbocycles. The van der Waals surface area contributed by atoms with E-state index in [9.17, 15) is 4.79 Å². The summed E-state index contributed by atoms with van der Waals surface area (Å²) in [5, 5.41) is 3.41. The molecule has 1 radical (unpaired) electrons. The van der Waals surface area contributed by atoms with Gasteiger partial charge in [0.05, 0.1) is 22.9 Å². The van der Waals surface area contributed by atoms with Crippen LogP contribution in [0.25, 0.3) is 0 Å². The van der Waals surface area contributed by atoms with Crippen molar-refractivity contribution in [3.63, 3.8) is 0 Å². The van der Waals surface area contributed by atoms with Gasteiger partial charge in [-0.25, -0.2) is 3.22 Å². The molecule has 0 aliphatic carbocycles. The number of hydrogen-bond donors (Lipinski definition) is 0. The Labute approximate surface area is 79.8 Å². The first-order valence-corrected chi connectivity index (χ1v) is 2.83. The Balaban J connectivity index is 0.000000640. The Kier molecular flexibility index (Phi) is 4.35. The third-order valence-electron chi connectivity index (χ3n) is 0.595. The van der Waals surface area contributed by atoms with E-state index in [-0.39, 0.29) is 32.9 Å². The smallest absolute Gasteiger partial charge is 0.283 e. The van der Waals surface area contributed by atoms with E-state index in [2.05, 4.69) is 16.2 Å². The molecule has 0 fully saturated rings. The van der Waals surface area contributed by atoms with Crippen molar-refractivity contribution in [3.05, 3.63) is 0 Å². The number of carbonyl (C=O) groups excluding carboxylic acids is 1. The zero-order valence-electron chi connectivity index (χ0n) is 4.17. The van der Waals surface area contributed by atoms with Gasteiger partial charge in [-0.1, -0.05) is 0 Å². The van der Waals surface area contributed by atoms with Gasteiger partial charge in [0.15, 0.2) is 0 Å². The number of rotatable bonds is 0. The first-order chi connectivity index (χ1) is 3.80. The van der Waals surface area contributed by atoms with Gasteiger partial charge >= 0.3 is 0 Å². The minimum absolute atomic E-state index is 0. The van der Waals surface area contributed by atoms with Crippen LogP contribution in [0.3, 0.4) is 0 Å². The van der Waals surface area contributed by atoms with Crippen LogP contribution in [-0.2, 0) is 30.0 Å². The minimum atomic E-state index is -0.163. The molecule has 9 heavy (non-hydrogen) atoms. The van der Waals surface area contributed by atoms with Gasteiger partial charge in [0.2, 0.25) is 0 Å². The molecular formula is C3H2IN2O2Re-. The Morgan fingerprint density at radius 1 is 1.89 bits per heavy atom. The first kappa shape index (κ1) is 9.33. The van der Waals surface area contributed by atoms with Crippen molar-refractivity contribution < 1.29 is 30.0 Å². The van der Waals surface area contributed by atoms with Crippen LogP contribution in [0.1, 0.15) is 0 Å². The van der Waals surface area contributed by atoms with E-state index in [0.717, 1.165) is 3.22 Å². The molecule has 1 rings (SSSR count). The van der Waals surface area contributed by atoms with Crippen molar-refractivity contribution in [2.75, 3.05) is 6.61 Å². The average molecular weight is 411 g/mol. The van der Waals surface area contributed by atoms with Crippen LogP contribution in [0.5, 0.6) is 0 Å². The minimum Gasteiger partial charge on any atom is -0.666 e. The van der Waals surface area contributed by atoms with Crippen molar-refractivity contribution in [3.8, 4) is 0 Å². The number of nitrogens with zero attached hydrogens (tertiary/aromatic N) is 2. The van der Waals surface area contributed by atoms with E-state index in [1.807, 2.05) is 0 Å². The van der Waals surface area contributed by atoms with Crippen LogP contribution in [-0.4, -0.2) is 22.1 Å². The molecular weight excluding hydrogens is 409 g/mol.